The maximum absolute atomic E-state index is 12.2. The molecule has 0 bridgehead atoms. The van der Waals surface area contributed by atoms with Crippen molar-refractivity contribution in [1.82, 2.24) is 20.4 Å². The quantitative estimate of drug-likeness (QED) is 0.697. The molecule has 3 aromatic rings. The summed E-state index contributed by atoms with van der Waals surface area (Å²) in [5, 5.41) is 12.2. The van der Waals surface area contributed by atoms with Crippen LogP contribution in [0.15, 0.2) is 30.3 Å². The molecule has 3 rings (SSSR count). The predicted molar refractivity (Wildman–Crippen MR) is 95.0 cm³/mol. The molecule has 0 saturated heterocycles. The molecule has 2 aromatic heterocycles. The molecule has 5 nitrogen and oxygen atoms in total. The van der Waals surface area contributed by atoms with Gasteiger partial charge in [0.15, 0.2) is 0 Å². The van der Waals surface area contributed by atoms with Crippen LogP contribution in [0, 0.1) is 6.92 Å². The molecule has 120 valence electrons. The van der Waals surface area contributed by atoms with Crippen LogP contribution in [0.25, 0.3) is 15.9 Å². The Balaban J connectivity index is 1.95. The van der Waals surface area contributed by atoms with Crippen LogP contribution >= 0.6 is 22.9 Å². The molecule has 0 aliphatic rings. The van der Waals surface area contributed by atoms with E-state index in [4.69, 9.17) is 11.6 Å². The van der Waals surface area contributed by atoms with E-state index in [2.05, 4.69) is 15.7 Å². The van der Waals surface area contributed by atoms with Crippen molar-refractivity contribution in [1.29, 1.82) is 0 Å². The molecule has 2 heterocycles. The minimum absolute atomic E-state index is 0.0523. The highest BCUT2D eigenvalue weighted by atomic mass is 35.5. The van der Waals surface area contributed by atoms with Gasteiger partial charge in [-0.2, -0.15) is 5.10 Å². The molecule has 0 aliphatic heterocycles. The molecule has 1 aromatic carbocycles. The first-order valence-corrected chi connectivity index (χ1v) is 8.47. The number of aromatic nitrogens is 2. The second kappa shape index (κ2) is 6.70. The first-order valence-electron chi connectivity index (χ1n) is 7.28. The highest BCUT2D eigenvalue weighted by molar-refractivity contribution is 7.20. The SMILES string of the molecule is CNCCNC(=O)c1cc2c(C)nn(-c3ccc(Cl)cc3)c2s1. The Kier molecular flexibility index (Phi) is 4.66. The van der Waals surface area contributed by atoms with Gasteiger partial charge in [-0.05, 0) is 44.3 Å². The maximum atomic E-state index is 12.2. The zero-order valence-electron chi connectivity index (χ0n) is 12.9. The Morgan fingerprint density at radius 2 is 2.04 bits per heavy atom. The Morgan fingerprint density at radius 1 is 1.30 bits per heavy atom. The zero-order chi connectivity index (χ0) is 16.4. The highest BCUT2D eigenvalue weighted by Gasteiger charge is 2.16. The number of nitrogens with zero attached hydrogens (tertiary/aromatic N) is 2. The normalized spacial score (nSPS) is 11.1. The van der Waals surface area contributed by atoms with Crippen LogP contribution in [-0.2, 0) is 0 Å². The Bertz CT molecular complexity index is 838. The topological polar surface area (TPSA) is 58.9 Å². The Morgan fingerprint density at radius 3 is 2.74 bits per heavy atom. The number of nitrogens with one attached hydrogen (secondary N) is 2. The van der Waals surface area contributed by atoms with E-state index in [0.717, 1.165) is 28.1 Å². The van der Waals surface area contributed by atoms with Crippen molar-refractivity contribution in [2.75, 3.05) is 20.1 Å². The fourth-order valence-electron chi connectivity index (χ4n) is 2.30. The van der Waals surface area contributed by atoms with E-state index in [9.17, 15) is 4.79 Å². The Hall–Kier alpha value is -1.89. The number of benzene rings is 1. The molecule has 7 heteroatoms. The van der Waals surface area contributed by atoms with Crippen molar-refractivity contribution >= 4 is 39.1 Å². The Labute approximate surface area is 143 Å². The van der Waals surface area contributed by atoms with Crippen molar-refractivity contribution in [2.45, 2.75) is 6.92 Å². The number of aryl methyl sites for hydroxylation is 1. The lowest BCUT2D eigenvalue weighted by Gasteiger charge is -2.03. The van der Waals surface area contributed by atoms with E-state index in [1.165, 1.54) is 11.3 Å². The molecule has 23 heavy (non-hydrogen) atoms. The van der Waals surface area contributed by atoms with Gasteiger partial charge in [-0.15, -0.1) is 11.3 Å². The van der Waals surface area contributed by atoms with Gasteiger partial charge < -0.3 is 10.6 Å². The monoisotopic (exact) mass is 348 g/mol. The minimum Gasteiger partial charge on any atom is -0.350 e. The highest BCUT2D eigenvalue weighted by Crippen LogP contribution is 2.30. The summed E-state index contributed by atoms with van der Waals surface area (Å²) >= 11 is 7.39. The van der Waals surface area contributed by atoms with Gasteiger partial charge >= 0.3 is 0 Å². The van der Waals surface area contributed by atoms with E-state index in [1.807, 2.05) is 49.0 Å². The molecular formula is C16H17ClN4OS. The second-order valence-electron chi connectivity index (χ2n) is 5.16. The van der Waals surface area contributed by atoms with Crippen LogP contribution < -0.4 is 10.6 Å². The number of thiophene rings is 1. The average molecular weight is 349 g/mol. The first-order chi connectivity index (χ1) is 11.1. The van der Waals surface area contributed by atoms with Crippen LogP contribution in [0.2, 0.25) is 5.02 Å². The number of carbonyl (C=O) groups is 1. The molecule has 0 spiro atoms. The lowest BCUT2D eigenvalue weighted by Crippen LogP contribution is -2.29. The fourth-order valence-corrected chi connectivity index (χ4v) is 3.53. The summed E-state index contributed by atoms with van der Waals surface area (Å²) in [7, 11) is 1.86. The van der Waals surface area contributed by atoms with E-state index < -0.39 is 0 Å². The van der Waals surface area contributed by atoms with Gasteiger partial charge in [0.25, 0.3) is 5.91 Å². The molecule has 1 amide bonds. The van der Waals surface area contributed by atoms with Crippen LogP contribution in [-0.4, -0.2) is 35.8 Å². The second-order valence-corrected chi connectivity index (χ2v) is 6.63. The zero-order valence-corrected chi connectivity index (χ0v) is 14.5. The summed E-state index contributed by atoms with van der Waals surface area (Å²) in [6.07, 6.45) is 0. The van der Waals surface area contributed by atoms with E-state index >= 15 is 0 Å². The number of fused-ring (bicyclic) bond motifs is 1. The van der Waals surface area contributed by atoms with Crippen LogP contribution in [0.3, 0.4) is 0 Å². The van der Waals surface area contributed by atoms with Crippen molar-refractivity contribution < 1.29 is 4.79 Å². The molecule has 0 radical (unpaired) electrons. The number of hydrogen-bond donors (Lipinski definition) is 2. The molecule has 0 saturated carbocycles. The fraction of sp³-hybridized carbons (Fsp3) is 0.250. The molecule has 2 N–H and O–H groups in total. The largest absolute Gasteiger partial charge is 0.350 e. The summed E-state index contributed by atoms with van der Waals surface area (Å²) in [6.45, 7) is 3.30. The van der Waals surface area contributed by atoms with Gasteiger partial charge in [0.2, 0.25) is 0 Å². The summed E-state index contributed by atoms with van der Waals surface area (Å²) in [5.74, 6) is -0.0523. The van der Waals surface area contributed by atoms with E-state index in [-0.39, 0.29) is 5.91 Å². The number of hydrogen-bond acceptors (Lipinski definition) is 4. The van der Waals surface area contributed by atoms with Crippen LogP contribution in [0.4, 0.5) is 0 Å². The van der Waals surface area contributed by atoms with Crippen molar-refractivity contribution in [2.24, 2.45) is 0 Å². The molecule has 0 unspecified atom stereocenters. The van der Waals surface area contributed by atoms with Crippen LogP contribution in [0.5, 0.6) is 0 Å². The van der Waals surface area contributed by atoms with Gasteiger partial charge in [0.1, 0.15) is 4.83 Å². The maximum Gasteiger partial charge on any atom is 0.261 e. The number of rotatable bonds is 5. The van der Waals surface area contributed by atoms with Gasteiger partial charge in [-0.1, -0.05) is 11.6 Å². The summed E-state index contributed by atoms with van der Waals surface area (Å²) in [4.78, 5) is 13.9. The van der Waals surface area contributed by atoms with Crippen molar-refractivity contribution in [3.8, 4) is 5.69 Å². The number of amides is 1. The average Bonchev–Trinajstić information content (AvgIpc) is 3.10. The summed E-state index contributed by atoms with van der Waals surface area (Å²) in [6, 6.07) is 9.40. The van der Waals surface area contributed by atoms with Gasteiger partial charge in [0.05, 0.1) is 16.3 Å². The molecular weight excluding hydrogens is 332 g/mol. The van der Waals surface area contributed by atoms with Gasteiger partial charge in [-0.25, -0.2) is 4.68 Å². The standard InChI is InChI=1S/C16H17ClN4OS/c1-10-13-9-14(15(22)19-8-7-18-2)23-16(13)21(20-10)12-5-3-11(17)4-6-12/h3-6,9,18H,7-8H2,1-2H3,(H,19,22). The molecule has 0 fully saturated rings. The van der Waals surface area contributed by atoms with Crippen molar-refractivity contribution in [3.05, 3.63) is 45.9 Å². The number of likely N-dealkylation sites (N-methyl/N-ethyl adjacent to an activating group) is 1. The summed E-state index contributed by atoms with van der Waals surface area (Å²) in [5.41, 5.74) is 1.83. The van der Waals surface area contributed by atoms with Gasteiger partial charge in [0, 0.05) is 23.5 Å². The summed E-state index contributed by atoms with van der Waals surface area (Å²) < 4.78 is 1.86. The first kappa shape index (κ1) is 16.0. The van der Waals surface area contributed by atoms with Crippen LogP contribution in [0.1, 0.15) is 15.4 Å². The van der Waals surface area contributed by atoms with E-state index in [1.54, 1.807) is 0 Å². The third-order valence-corrected chi connectivity index (χ3v) is 4.86. The van der Waals surface area contributed by atoms with E-state index in [0.29, 0.717) is 16.4 Å². The number of halogens is 1. The predicted octanol–water partition coefficient (Wildman–Crippen LogP) is 3.00. The third-order valence-electron chi connectivity index (χ3n) is 3.50. The number of carbonyl (C=O) groups excluding carboxylic acids is 1. The molecule has 0 atom stereocenters. The minimum atomic E-state index is -0.0523. The lowest BCUT2D eigenvalue weighted by atomic mass is 10.3. The third kappa shape index (κ3) is 3.24. The lowest BCUT2D eigenvalue weighted by molar-refractivity contribution is 0.0958. The van der Waals surface area contributed by atoms with Gasteiger partial charge in [-0.3, -0.25) is 4.79 Å². The molecule has 0 aliphatic carbocycles. The van der Waals surface area contributed by atoms with Crippen molar-refractivity contribution in [3.63, 3.8) is 0 Å². The smallest absolute Gasteiger partial charge is 0.261 e.